The first-order chi connectivity index (χ1) is 7.86. The minimum absolute atomic E-state index is 0.769. The first-order valence-electron chi connectivity index (χ1n) is 5.63. The number of unbranched alkanes of at least 4 members (excludes halogenated alkanes) is 1. The Kier molecular flexibility index (Phi) is 7.26. The molecular weight excluding hydrogens is 268 g/mol. The molecule has 0 saturated carbocycles. The van der Waals surface area contributed by atoms with Crippen LogP contribution in [0.25, 0.3) is 0 Å². The van der Waals surface area contributed by atoms with Gasteiger partial charge < -0.3 is 9.47 Å². The van der Waals surface area contributed by atoms with Gasteiger partial charge in [-0.25, -0.2) is 0 Å². The minimum Gasteiger partial charge on any atom is -0.494 e. The SMILES string of the molecule is COCCc1ccc(OCCCCBr)cc1. The van der Waals surface area contributed by atoms with Gasteiger partial charge in [0, 0.05) is 12.4 Å². The Bertz CT molecular complexity index is 272. The third-order valence-corrected chi connectivity index (χ3v) is 2.88. The summed E-state index contributed by atoms with van der Waals surface area (Å²) >= 11 is 3.40. The van der Waals surface area contributed by atoms with E-state index in [0.717, 1.165) is 43.6 Å². The quantitative estimate of drug-likeness (QED) is 0.538. The lowest BCUT2D eigenvalue weighted by Gasteiger charge is -2.06. The summed E-state index contributed by atoms with van der Waals surface area (Å²) in [4.78, 5) is 0. The molecule has 1 aromatic rings. The first-order valence-corrected chi connectivity index (χ1v) is 6.75. The zero-order valence-corrected chi connectivity index (χ0v) is 11.3. The van der Waals surface area contributed by atoms with Gasteiger partial charge in [-0.05, 0) is 37.0 Å². The largest absolute Gasteiger partial charge is 0.494 e. The van der Waals surface area contributed by atoms with Gasteiger partial charge in [-0.2, -0.15) is 0 Å². The monoisotopic (exact) mass is 286 g/mol. The Labute approximate surface area is 106 Å². The summed E-state index contributed by atoms with van der Waals surface area (Å²) in [5, 5.41) is 1.05. The molecular formula is C13H19BrO2. The number of hydrogen-bond acceptors (Lipinski definition) is 2. The zero-order chi connectivity index (χ0) is 11.6. The average molecular weight is 287 g/mol. The molecule has 0 aliphatic carbocycles. The molecule has 0 bridgehead atoms. The van der Waals surface area contributed by atoms with Crippen molar-refractivity contribution in [1.82, 2.24) is 0 Å². The molecule has 0 unspecified atom stereocenters. The highest BCUT2D eigenvalue weighted by Crippen LogP contribution is 2.13. The number of rotatable bonds is 8. The standard InChI is InChI=1S/C13H19BrO2/c1-15-11-8-12-4-6-13(7-5-12)16-10-3-2-9-14/h4-7H,2-3,8-11H2,1H3. The fourth-order valence-corrected chi connectivity index (χ4v) is 1.76. The van der Waals surface area contributed by atoms with Crippen LogP contribution in [-0.2, 0) is 11.2 Å². The van der Waals surface area contributed by atoms with Gasteiger partial charge in [-0.15, -0.1) is 0 Å². The van der Waals surface area contributed by atoms with Crippen LogP contribution in [0.15, 0.2) is 24.3 Å². The Balaban J connectivity index is 2.27. The van der Waals surface area contributed by atoms with Crippen molar-refractivity contribution in [2.24, 2.45) is 0 Å². The number of alkyl halides is 1. The Morgan fingerprint density at radius 1 is 1.06 bits per heavy atom. The molecule has 90 valence electrons. The maximum atomic E-state index is 5.62. The highest BCUT2D eigenvalue weighted by molar-refractivity contribution is 9.09. The average Bonchev–Trinajstić information content (AvgIpc) is 2.33. The van der Waals surface area contributed by atoms with Crippen LogP contribution in [0.3, 0.4) is 0 Å². The highest BCUT2D eigenvalue weighted by atomic mass is 79.9. The maximum Gasteiger partial charge on any atom is 0.119 e. The van der Waals surface area contributed by atoms with Crippen molar-refractivity contribution < 1.29 is 9.47 Å². The molecule has 0 aromatic heterocycles. The Morgan fingerprint density at radius 3 is 2.44 bits per heavy atom. The molecule has 0 spiro atoms. The van der Waals surface area contributed by atoms with E-state index in [9.17, 15) is 0 Å². The maximum absolute atomic E-state index is 5.62. The molecule has 0 saturated heterocycles. The zero-order valence-electron chi connectivity index (χ0n) is 9.75. The molecule has 0 N–H and O–H groups in total. The third kappa shape index (κ3) is 5.52. The van der Waals surface area contributed by atoms with Crippen LogP contribution in [-0.4, -0.2) is 25.7 Å². The van der Waals surface area contributed by atoms with Crippen molar-refractivity contribution in [3.05, 3.63) is 29.8 Å². The predicted octanol–water partition coefficient (Wildman–Crippen LogP) is 3.43. The Morgan fingerprint density at radius 2 is 1.81 bits per heavy atom. The Hall–Kier alpha value is -0.540. The lowest BCUT2D eigenvalue weighted by molar-refractivity contribution is 0.202. The van der Waals surface area contributed by atoms with Gasteiger partial charge in [-0.1, -0.05) is 28.1 Å². The second-order valence-electron chi connectivity index (χ2n) is 3.63. The second-order valence-corrected chi connectivity index (χ2v) is 4.42. The second kappa shape index (κ2) is 8.59. The van der Waals surface area contributed by atoms with E-state index in [1.807, 2.05) is 12.1 Å². The smallest absolute Gasteiger partial charge is 0.119 e. The lowest BCUT2D eigenvalue weighted by Crippen LogP contribution is -1.98. The molecule has 0 aliphatic rings. The summed E-state index contributed by atoms with van der Waals surface area (Å²) in [6, 6.07) is 8.25. The topological polar surface area (TPSA) is 18.5 Å². The summed E-state index contributed by atoms with van der Waals surface area (Å²) in [5.74, 6) is 0.954. The molecule has 0 radical (unpaired) electrons. The van der Waals surface area contributed by atoms with E-state index in [1.165, 1.54) is 5.56 Å². The molecule has 1 aromatic carbocycles. The minimum atomic E-state index is 0.769. The first kappa shape index (κ1) is 13.5. The van der Waals surface area contributed by atoms with Gasteiger partial charge >= 0.3 is 0 Å². The summed E-state index contributed by atoms with van der Waals surface area (Å²) in [5.41, 5.74) is 1.29. The van der Waals surface area contributed by atoms with Gasteiger partial charge in [0.2, 0.25) is 0 Å². The number of ether oxygens (including phenoxy) is 2. The van der Waals surface area contributed by atoms with Crippen LogP contribution in [0, 0.1) is 0 Å². The fraction of sp³-hybridized carbons (Fsp3) is 0.538. The van der Waals surface area contributed by atoms with E-state index < -0.39 is 0 Å². The third-order valence-electron chi connectivity index (χ3n) is 2.31. The van der Waals surface area contributed by atoms with Crippen LogP contribution >= 0.6 is 15.9 Å². The van der Waals surface area contributed by atoms with Crippen molar-refractivity contribution in [2.75, 3.05) is 25.7 Å². The van der Waals surface area contributed by atoms with Gasteiger partial charge in [0.15, 0.2) is 0 Å². The summed E-state index contributed by atoms with van der Waals surface area (Å²) in [7, 11) is 1.72. The van der Waals surface area contributed by atoms with Gasteiger partial charge in [0.25, 0.3) is 0 Å². The van der Waals surface area contributed by atoms with Crippen LogP contribution in [0.5, 0.6) is 5.75 Å². The number of hydrogen-bond donors (Lipinski definition) is 0. The highest BCUT2D eigenvalue weighted by Gasteiger charge is 1.95. The summed E-state index contributed by atoms with van der Waals surface area (Å²) in [6.07, 6.45) is 3.21. The van der Waals surface area contributed by atoms with Gasteiger partial charge in [-0.3, -0.25) is 0 Å². The van der Waals surface area contributed by atoms with Crippen LogP contribution < -0.4 is 4.74 Å². The fourth-order valence-electron chi connectivity index (χ4n) is 1.36. The predicted molar refractivity (Wildman–Crippen MR) is 70.5 cm³/mol. The van der Waals surface area contributed by atoms with Crippen LogP contribution in [0.2, 0.25) is 0 Å². The molecule has 2 nitrogen and oxygen atoms in total. The normalized spacial score (nSPS) is 10.4. The van der Waals surface area contributed by atoms with E-state index in [2.05, 4.69) is 28.1 Å². The molecule has 0 heterocycles. The number of halogens is 1. The molecule has 0 fully saturated rings. The summed E-state index contributed by atoms with van der Waals surface area (Å²) in [6.45, 7) is 1.56. The number of methoxy groups -OCH3 is 1. The molecule has 16 heavy (non-hydrogen) atoms. The van der Waals surface area contributed by atoms with Crippen molar-refractivity contribution in [3.8, 4) is 5.75 Å². The van der Waals surface area contributed by atoms with Crippen LogP contribution in [0.1, 0.15) is 18.4 Å². The van der Waals surface area contributed by atoms with Gasteiger partial charge in [0.1, 0.15) is 5.75 Å². The van der Waals surface area contributed by atoms with E-state index in [1.54, 1.807) is 7.11 Å². The molecule has 0 amide bonds. The molecule has 1 rings (SSSR count). The summed E-state index contributed by atoms with van der Waals surface area (Å²) < 4.78 is 10.6. The van der Waals surface area contributed by atoms with E-state index in [-0.39, 0.29) is 0 Å². The van der Waals surface area contributed by atoms with Crippen molar-refractivity contribution >= 4 is 15.9 Å². The van der Waals surface area contributed by atoms with E-state index in [0.29, 0.717) is 0 Å². The van der Waals surface area contributed by atoms with Crippen molar-refractivity contribution in [3.63, 3.8) is 0 Å². The van der Waals surface area contributed by atoms with E-state index >= 15 is 0 Å². The van der Waals surface area contributed by atoms with Gasteiger partial charge in [0.05, 0.1) is 13.2 Å². The van der Waals surface area contributed by atoms with E-state index in [4.69, 9.17) is 9.47 Å². The van der Waals surface area contributed by atoms with Crippen molar-refractivity contribution in [1.29, 1.82) is 0 Å². The molecule has 0 aliphatic heterocycles. The lowest BCUT2D eigenvalue weighted by atomic mass is 10.1. The number of benzene rings is 1. The van der Waals surface area contributed by atoms with Crippen LogP contribution in [0.4, 0.5) is 0 Å². The molecule has 0 atom stereocenters. The van der Waals surface area contributed by atoms with Crippen molar-refractivity contribution in [2.45, 2.75) is 19.3 Å². The molecule has 3 heteroatoms.